The summed E-state index contributed by atoms with van der Waals surface area (Å²) in [6.07, 6.45) is 3.12. The summed E-state index contributed by atoms with van der Waals surface area (Å²) in [5.41, 5.74) is -0.567. The smallest absolute Gasteiger partial charge is 0.207 e. The van der Waals surface area contributed by atoms with Gasteiger partial charge in [-0.3, -0.25) is 9.78 Å². The van der Waals surface area contributed by atoms with Gasteiger partial charge in [-0.15, -0.1) is 0 Å². The first-order chi connectivity index (χ1) is 9.40. The van der Waals surface area contributed by atoms with Crippen molar-refractivity contribution in [3.8, 4) is 5.75 Å². The van der Waals surface area contributed by atoms with E-state index >= 15 is 0 Å². The first-order valence-electron chi connectivity index (χ1n) is 5.99. The molecule has 2 rings (SSSR count). The molecule has 0 unspecified atom stereocenters. The predicted octanol–water partition coefficient (Wildman–Crippen LogP) is 4.43. The number of hydrogen-bond acceptors (Lipinski definition) is 3. The summed E-state index contributed by atoms with van der Waals surface area (Å²) in [5.74, 6) is 0.245. The third kappa shape index (κ3) is 3.30. The second-order valence-corrected chi connectivity index (χ2v) is 5.60. The van der Waals surface area contributed by atoms with E-state index in [0.717, 1.165) is 0 Å². The highest BCUT2D eigenvalue weighted by atomic mass is 35.5. The van der Waals surface area contributed by atoms with Crippen LogP contribution in [0.15, 0.2) is 42.7 Å². The highest BCUT2D eigenvalue weighted by Gasteiger charge is 2.31. The Hall–Kier alpha value is -1.58. The van der Waals surface area contributed by atoms with Crippen molar-refractivity contribution in [1.29, 1.82) is 0 Å². The Morgan fingerprint density at radius 3 is 2.60 bits per heavy atom. The van der Waals surface area contributed by atoms with E-state index in [1.54, 1.807) is 50.4 Å². The van der Waals surface area contributed by atoms with Gasteiger partial charge in [0.1, 0.15) is 5.75 Å². The van der Waals surface area contributed by atoms with Crippen LogP contribution in [0.25, 0.3) is 0 Å². The lowest BCUT2D eigenvalue weighted by molar-refractivity contribution is 0.0584. The third-order valence-electron chi connectivity index (χ3n) is 2.73. The molecule has 0 N–H and O–H groups in total. The number of rotatable bonds is 4. The van der Waals surface area contributed by atoms with E-state index in [1.165, 1.54) is 6.20 Å². The highest BCUT2D eigenvalue weighted by molar-refractivity contribution is 6.35. The largest absolute Gasteiger partial charge is 0.478 e. The lowest BCUT2D eigenvalue weighted by Gasteiger charge is -2.25. The van der Waals surface area contributed by atoms with Gasteiger partial charge >= 0.3 is 0 Å². The van der Waals surface area contributed by atoms with E-state index in [1.807, 2.05) is 0 Å². The third-order valence-corrected chi connectivity index (χ3v) is 3.26. The molecule has 0 spiro atoms. The molecule has 0 aliphatic heterocycles. The van der Waals surface area contributed by atoms with Gasteiger partial charge in [0.25, 0.3) is 0 Å². The number of carbonyl (C=O) groups is 1. The minimum Gasteiger partial charge on any atom is -0.478 e. The van der Waals surface area contributed by atoms with Gasteiger partial charge in [-0.25, -0.2) is 0 Å². The fraction of sp³-hybridized carbons (Fsp3) is 0.200. The average Bonchev–Trinajstić information content (AvgIpc) is 2.42. The van der Waals surface area contributed by atoms with Crippen molar-refractivity contribution < 1.29 is 9.53 Å². The van der Waals surface area contributed by atoms with Crippen molar-refractivity contribution in [3.63, 3.8) is 0 Å². The number of hydrogen-bond donors (Lipinski definition) is 0. The molecule has 0 amide bonds. The Balaban J connectivity index is 2.25. The summed E-state index contributed by atoms with van der Waals surface area (Å²) in [6.45, 7) is 3.38. The number of Topliss-reactive ketones (excluding diaryl/α,β-unsaturated/α-hetero) is 1. The molecule has 0 atom stereocenters. The molecular formula is C15H13Cl2NO2. The number of nitrogens with zero attached hydrogens (tertiary/aromatic N) is 1. The summed E-state index contributed by atoms with van der Waals surface area (Å²) >= 11 is 11.9. The number of benzene rings is 1. The zero-order valence-corrected chi connectivity index (χ0v) is 12.6. The summed E-state index contributed by atoms with van der Waals surface area (Å²) in [4.78, 5) is 16.4. The summed E-state index contributed by atoms with van der Waals surface area (Å²) in [7, 11) is 0. The van der Waals surface area contributed by atoms with Gasteiger partial charge in [0.2, 0.25) is 5.78 Å². The zero-order valence-electron chi connectivity index (χ0n) is 11.1. The molecule has 1 aromatic heterocycles. The molecule has 0 radical (unpaired) electrons. The molecule has 0 fully saturated rings. The maximum absolute atomic E-state index is 12.4. The molecule has 3 nitrogen and oxygen atoms in total. The van der Waals surface area contributed by atoms with Crippen molar-refractivity contribution >= 4 is 29.0 Å². The number of pyridine rings is 1. The molecule has 0 aliphatic carbocycles. The average molecular weight is 310 g/mol. The molecule has 0 bridgehead atoms. The van der Waals surface area contributed by atoms with Crippen molar-refractivity contribution in [1.82, 2.24) is 4.98 Å². The number of ether oxygens (including phenoxy) is 1. The van der Waals surface area contributed by atoms with E-state index in [-0.39, 0.29) is 5.78 Å². The van der Waals surface area contributed by atoms with Gasteiger partial charge in [0.05, 0.1) is 5.02 Å². The van der Waals surface area contributed by atoms with Crippen LogP contribution in [-0.4, -0.2) is 16.4 Å². The van der Waals surface area contributed by atoms with Crippen LogP contribution in [0.3, 0.4) is 0 Å². The van der Waals surface area contributed by atoms with E-state index in [4.69, 9.17) is 27.9 Å². The molecular weight excluding hydrogens is 297 g/mol. The second-order valence-electron chi connectivity index (χ2n) is 4.76. The van der Waals surface area contributed by atoms with Gasteiger partial charge in [0, 0.05) is 23.0 Å². The molecule has 0 saturated heterocycles. The van der Waals surface area contributed by atoms with Crippen LogP contribution in [0, 0.1) is 0 Å². The molecule has 20 heavy (non-hydrogen) atoms. The van der Waals surface area contributed by atoms with Gasteiger partial charge < -0.3 is 4.74 Å². The van der Waals surface area contributed by atoms with E-state index in [0.29, 0.717) is 21.4 Å². The summed E-state index contributed by atoms with van der Waals surface area (Å²) in [6, 6.07) is 8.28. The zero-order chi connectivity index (χ0) is 14.8. The van der Waals surface area contributed by atoms with Crippen LogP contribution in [0.4, 0.5) is 0 Å². The quantitative estimate of drug-likeness (QED) is 0.784. The fourth-order valence-electron chi connectivity index (χ4n) is 1.72. The van der Waals surface area contributed by atoms with Crippen LogP contribution in [0.5, 0.6) is 5.75 Å². The van der Waals surface area contributed by atoms with E-state index in [9.17, 15) is 4.79 Å². The van der Waals surface area contributed by atoms with Crippen LogP contribution in [0.2, 0.25) is 10.0 Å². The van der Waals surface area contributed by atoms with Gasteiger partial charge in [-0.05, 0) is 44.2 Å². The Kier molecular flexibility index (Phi) is 4.31. The van der Waals surface area contributed by atoms with Crippen LogP contribution < -0.4 is 4.74 Å². The number of aromatic nitrogens is 1. The fourth-order valence-corrected chi connectivity index (χ4v) is 2.17. The van der Waals surface area contributed by atoms with Crippen molar-refractivity contribution in [3.05, 3.63) is 58.3 Å². The van der Waals surface area contributed by atoms with Crippen LogP contribution >= 0.6 is 23.2 Å². The Morgan fingerprint density at radius 2 is 2.00 bits per heavy atom. The van der Waals surface area contributed by atoms with E-state index in [2.05, 4.69) is 4.98 Å². The highest BCUT2D eigenvalue weighted by Crippen LogP contribution is 2.31. The number of ketones is 1. The minimum absolute atomic E-state index is 0.170. The van der Waals surface area contributed by atoms with E-state index < -0.39 is 5.60 Å². The Morgan fingerprint density at radius 1 is 1.25 bits per heavy atom. The molecule has 1 aromatic carbocycles. The maximum atomic E-state index is 12.4. The lowest BCUT2D eigenvalue weighted by atomic mass is 9.97. The van der Waals surface area contributed by atoms with Crippen molar-refractivity contribution in [2.24, 2.45) is 0 Å². The molecule has 0 saturated carbocycles. The Bertz CT molecular complexity index is 627. The minimum atomic E-state index is -1.06. The molecule has 1 heterocycles. The predicted molar refractivity (Wildman–Crippen MR) is 79.7 cm³/mol. The molecule has 0 aliphatic rings. The monoisotopic (exact) mass is 309 g/mol. The lowest BCUT2D eigenvalue weighted by Crippen LogP contribution is -2.38. The van der Waals surface area contributed by atoms with Gasteiger partial charge in [-0.1, -0.05) is 23.2 Å². The van der Waals surface area contributed by atoms with Gasteiger partial charge in [0.15, 0.2) is 5.60 Å². The van der Waals surface area contributed by atoms with Crippen LogP contribution in [0.1, 0.15) is 24.2 Å². The number of carbonyl (C=O) groups excluding carboxylic acids is 1. The normalized spacial score (nSPS) is 11.2. The number of halogens is 2. The van der Waals surface area contributed by atoms with Crippen LogP contribution in [-0.2, 0) is 0 Å². The second kappa shape index (κ2) is 5.81. The van der Waals surface area contributed by atoms with Crippen molar-refractivity contribution in [2.75, 3.05) is 0 Å². The first kappa shape index (κ1) is 14.8. The standard InChI is InChI=1S/C15H13Cl2NO2/c1-15(2,14(19)10-4-3-7-18-9-10)20-13-6-5-11(16)8-12(13)17/h3-9H,1-2H3. The topological polar surface area (TPSA) is 39.2 Å². The Labute approximate surface area is 127 Å². The maximum Gasteiger partial charge on any atom is 0.207 e. The SMILES string of the molecule is CC(C)(Oc1ccc(Cl)cc1Cl)C(=O)c1cccnc1. The van der Waals surface area contributed by atoms with Crippen molar-refractivity contribution in [2.45, 2.75) is 19.4 Å². The molecule has 104 valence electrons. The molecule has 5 heteroatoms. The first-order valence-corrected chi connectivity index (χ1v) is 6.74. The summed E-state index contributed by atoms with van der Waals surface area (Å²) < 4.78 is 5.74. The van der Waals surface area contributed by atoms with Gasteiger partial charge in [-0.2, -0.15) is 0 Å². The molecule has 2 aromatic rings. The summed E-state index contributed by atoms with van der Waals surface area (Å²) in [5, 5.41) is 0.878.